The molecule has 8 heteroatoms. The van der Waals surface area contributed by atoms with Gasteiger partial charge < -0.3 is 20.1 Å². The lowest BCUT2D eigenvalue weighted by atomic mass is 10.2. The second-order valence-electron chi connectivity index (χ2n) is 5.97. The van der Waals surface area contributed by atoms with Crippen molar-refractivity contribution in [2.45, 2.75) is 11.7 Å². The number of ether oxygens (including phenoxy) is 2. The monoisotopic (exact) mass is 399 g/mol. The Morgan fingerprint density at radius 3 is 2.57 bits per heavy atom. The van der Waals surface area contributed by atoms with Crippen LogP contribution in [0, 0.1) is 0 Å². The Bertz CT molecular complexity index is 840. The molecule has 2 N–H and O–H groups in total. The van der Waals surface area contributed by atoms with E-state index in [2.05, 4.69) is 15.6 Å². The number of hydrogen-bond acceptors (Lipinski definition) is 6. The van der Waals surface area contributed by atoms with E-state index in [0.717, 1.165) is 5.75 Å². The second-order valence-corrected chi connectivity index (χ2v) is 7.16. The Morgan fingerprint density at radius 2 is 1.86 bits per heavy atom. The maximum atomic E-state index is 12.3. The summed E-state index contributed by atoms with van der Waals surface area (Å²) in [6, 6.07) is 16.5. The van der Waals surface area contributed by atoms with Crippen LogP contribution in [0.2, 0.25) is 0 Å². The van der Waals surface area contributed by atoms with Crippen molar-refractivity contribution in [2.75, 3.05) is 25.6 Å². The van der Waals surface area contributed by atoms with Gasteiger partial charge in [-0.15, -0.1) is 0 Å². The number of carbonyl (C=O) groups is 2. The molecule has 2 amide bonds. The van der Waals surface area contributed by atoms with E-state index in [4.69, 9.17) is 9.47 Å². The molecular formula is C20H21N3O4S. The van der Waals surface area contributed by atoms with Gasteiger partial charge in [-0.05, 0) is 36.4 Å². The first kappa shape index (κ1) is 19.9. The fraction of sp³-hybridized carbons (Fsp3) is 0.250. The van der Waals surface area contributed by atoms with Crippen molar-refractivity contribution in [3.05, 3.63) is 54.6 Å². The van der Waals surface area contributed by atoms with Gasteiger partial charge in [0.15, 0.2) is 5.17 Å². The van der Waals surface area contributed by atoms with Crippen molar-refractivity contribution < 1.29 is 19.1 Å². The van der Waals surface area contributed by atoms with Gasteiger partial charge in [0.25, 0.3) is 0 Å². The van der Waals surface area contributed by atoms with Crippen molar-refractivity contribution in [1.82, 2.24) is 5.32 Å². The van der Waals surface area contributed by atoms with E-state index in [1.54, 1.807) is 31.4 Å². The van der Waals surface area contributed by atoms with E-state index >= 15 is 0 Å². The molecule has 7 nitrogen and oxygen atoms in total. The highest BCUT2D eigenvalue weighted by molar-refractivity contribution is 8.15. The third kappa shape index (κ3) is 5.83. The average Bonchev–Trinajstić information content (AvgIpc) is 3.03. The zero-order valence-corrected chi connectivity index (χ0v) is 16.2. The molecule has 1 aliphatic heterocycles. The molecule has 1 saturated heterocycles. The predicted octanol–water partition coefficient (Wildman–Crippen LogP) is 3.04. The van der Waals surface area contributed by atoms with Crippen LogP contribution >= 0.6 is 11.8 Å². The van der Waals surface area contributed by atoms with Gasteiger partial charge in [-0.1, -0.05) is 30.0 Å². The number of carbonyl (C=O) groups excluding carboxylic acids is 2. The summed E-state index contributed by atoms with van der Waals surface area (Å²) in [5.74, 6) is 0.976. The fourth-order valence-corrected chi connectivity index (χ4v) is 3.46. The first-order chi connectivity index (χ1) is 13.6. The second kappa shape index (κ2) is 9.91. The minimum atomic E-state index is -0.484. The van der Waals surface area contributed by atoms with Gasteiger partial charge >= 0.3 is 0 Å². The van der Waals surface area contributed by atoms with Crippen LogP contribution in [0.4, 0.5) is 5.69 Å². The number of amidine groups is 1. The number of anilines is 1. The van der Waals surface area contributed by atoms with E-state index in [1.165, 1.54) is 11.8 Å². The third-order valence-corrected chi connectivity index (χ3v) is 4.93. The van der Waals surface area contributed by atoms with Gasteiger partial charge in [0.05, 0.1) is 13.2 Å². The number of hydrogen-bond donors (Lipinski definition) is 2. The zero-order chi connectivity index (χ0) is 19.8. The van der Waals surface area contributed by atoms with Crippen LogP contribution in [0.15, 0.2) is 59.6 Å². The maximum Gasteiger partial charge on any atom is 0.240 e. The number of para-hydroxylation sites is 1. The zero-order valence-electron chi connectivity index (χ0n) is 15.4. The van der Waals surface area contributed by atoms with Crippen molar-refractivity contribution in [2.24, 2.45) is 4.99 Å². The molecular weight excluding hydrogens is 378 g/mol. The molecule has 1 heterocycles. The fourth-order valence-electron chi connectivity index (χ4n) is 2.46. The van der Waals surface area contributed by atoms with Crippen LogP contribution in [0.25, 0.3) is 0 Å². The average molecular weight is 399 g/mol. The SMILES string of the molecule is COCCN=C1NC(=O)[C@H](CC(=O)Nc2ccc(Oc3ccccc3)cc2)S1. The number of nitrogens with zero attached hydrogens (tertiary/aromatic N) is 1. The molecule has 0 radical (unpaired) electrons. The Kier molecular flexibility index (Phi) is 7.05. The highest BCUT2D eigenvalue weighted by Crippen LogP contribution is 2.25. The smallest absolute Gasteiger partial charge is 0.240 e. The Hall–Kier alpha value is -2.84. The quantitative estimate of drug-likeness (QED) is 0.666. The van der Waals surface area contributed by atoms with Crippen LogP contribution < -0.4 is 15.4 Å². The van der Waals surface area contributed by atoms with Crippen molar-refractivity contribution in [3.8, 4) is 11.5 Å². The standard InChI is InChI=1S/C20H21N3O4S/c1-26-12-11-21-20-23-19(25)17(28-20)13-18(24)22-14-7-9-16(10-8-14)27-15-5-3-2-4-6-15/h2-10,17H,11-13H2,1H3,(H,22,24)(H,21,23,25)/t17-/m0/s1. The van der Waals surface area contributed by atoms with Gasteiger partial charge in [0.1, 0.15) is 16.7 Å². The summed E-state index contributed by atoms with van der Waals surface area (Å²) in [5, 5.41) is 5.53. The first-order valence-corrected chi connectivity index (χ1v) is 9.66. The molecule has 28 heavy (non-hydrogen) atoms. The van der Waals surface area contributed by atoms with Gasteiger partial charge in [0, 0.05) is 19.2 Å². The third-order valence-electron chi connectivity index (χ3n) is 3.82. The number of methoxy groups -OCH3 is 1. The number of rotatable bonds is 8. The van der Waals surface area contributed by atoms with Crippen LogP contribution in [0.3, 0.4) is 0 Å². The largest absolute Gasteiger partial charge is 0.457 e. The lowest BCUT2D eigenvalue weighted by Crippen LogP contribution is -2.28. The van der Waals surface area contributed by atoms with E-state index in [0.29, 0.717) is 29.8 Å². The predicted molar refractivity (Wildman–Crippen MR) is 110 cm³/mol. The molecule has 0 bridgehead atoms. The van der Waals surface area contributed by atoms with Crippen LogP contribution in [-0.2, 0) is 14.3 Å². The maximum absolute atomic E-state index is 12.3. The minimum Gasteiger partial charge on any atom is -0.457 e. The van der Waals surface area contributed by atoms with Crippen LogP contribution in [0.1, 0.15) is 6.42 Å². The number of aliphatic imine (C=N–C) groups is 1. The number of thioether (sulfide) groups is 1. The van der Waals surface area contributed by atoms with Crippen molar-refractivity contribution in [3.63, 3.8) is 0 Å². The molecule has 1 fully saturated rings. The number of amides is 2. The molecule has 1 atom stereocenters. The summed E-state index contributed by atoms with van der Waals surface area (Å²) < 4.78 is 10.6. The summed E-state index contributed by atoms with van der Waals surface area (Å²) in [7, 11) is 1.59. The Morgan fingerprint density at radius 1 is 1.14 bits per heavy atom. The molecule has 0 saturated carbocycles. The number of benzene rings is 2. The lowest BCUT2D eigenvalue weighted by Gasteiger charge is -2.09. The van der Waals surface area contributed by atoms with E-state index in [-0.39, 0.29) is 18.2 Å². The van der Waals surface area contributed by atoms with E-state index in [9.17, 15) is 9.59 Å². The molecule has 0 aliphatic carbocycles. The highest BCUT2D eigenvalue weighted by Gasteiger charge is 2.31. The summed E-state index contributed by atoms with van der Waals surface area (Å²) in [5.41, 5.74) is 0.641. The summed E-state index contributed by atoms with van der Waals surface area (Å²) in [4.78, 5) is 28.5. The molecule has 0 spiro atoms. The summed E-state index contributed by atoms with van der Waals surface area (Å²) in [6.07, 6.45) is 0.0715. The molecule has 2 aromatic rings. The Labute approximate surface area is 167 Å². The molecule has 0 aromatic heterocycles. The van der Waals surface area contributed by atoms with Gasteiger partial charge in [-0.25, -0.2) is 0 Å². The number of nitrogens with one attached hydrogen (secondary N) is 2. The summed E-state index contributed by atoms with van der Waals surface area (Å²) in [6.45, 7) is 0.949. The van der Waals surface area contributed by atoms with E-state index in [1.807, 2.05) is 30.3 Å². The minimum absolute atomic E-state index is 0.0715. The van der Waals surface area contributed by atoms with Crippen LogP contribution in [0.5, 0.6) is 11.5 Å². The van der Waals surface area contributed by atoms with Gasteiger partial charge in [0.2, 0.25) is 11.8 Å². The van der Waals surface area contributed by atoms with Gasteiger partial charge in [-0.3, -0.25) is 14.6 Å². The van der Waals surface area contributed by atoms with E-state index < -0.39 is 5.25 Å². The highest BCUT2D eigenvalue weighted by atomic mass is 32.2. The molecule has 0 unspecified atom stereocenters. The van der Waals surface area contributed by atoms with Crippen LogP contribution in [-0.4, -0.2) is 42.5 Å². The normalized spacial score (nSPS) is 17.4. The van der Waals surface area contributed by atoms with Crippen molar-refractivity contribution in [1.29, 1.82) is 0 Å². The summed E-state index contributed by atoms with van der Waals surface area (Å²) >= 11 is 1.26. The van der Waals surface area contributed by atoms with Crippen molar-refractivity contribution >= 4 is 34.4 Å². The first-order valence-electron chi connectivity index (χ1n) is 8.78. The molecule has 1 aliphatic rings. The molecule has 3 rings (SSSR count). The topological polar surface area (TPSA) is 89.0 Å². The Balaban J connectivity index is 1.49. The van der Waals surface area contributed by atoms with Gasteiger partial charge in [-0.2, -0.15) is 0 Å². The molecule has 146 valence electrons. The molecule has 2 aromatic carbocycles. The lowest BCUT2D eigenvalue weighted by molar-refractivity contribution is -0.122.